The maximum Gasteiger partial charge on any atom is 0.418 e. The molecule has 2 aromatic heterocycles. The Morgan fingerprint density at radius 3 is 2.80 bits per heavy atom. The molecule has 3 saturated heterocycles. The summed E-state index contributed by atoms with van der Waals surface area (Å²) in [6, 6.07) is 0.763. The number of nitrogens with zero attached hydrogens (tertiary/aromatic N) is 5. The molecule has 6 heterocycles. The second kappa shape index (κ2) is 10.9. The number of ether oxygens (including phenoxy) is 3. The number of aryl methyl sites for hydroxylation is 1. The Labute approximate surface area is 260 Å². The number of nitrogens with two attached hydrogens (primary N) is 1. The minimum absolute atomic E-state index is 0.0710. The van der Waals surface area contributed by atoms with Crippen LogP contribution in [0.15, 0.2) is 6.07 Å². The zero-order valence-corrected chi connectivity index (χ0v) is 25.4. The van der Waals surface area contributed by atoms with E-state index in [4.69, 9.17) is 31.5 Å². The highest BCUT2D eigenvalue weighted by Gasteiger charge is 2.49. The third kappa shape index (κ3) is 4.99. The van der Waals surface area contributed by atoms with Crippen molar-refractivity contribution in [2.45, 2.75) is 56.5 Å². The van der Waals surface area contributed by atoms with Gasteiger partial charge in [0.15, 0.2) is 11.6 Å². The van der Waals surface area contributed by atoms with E-state index in [0.717, 1.165) is 25.5 Å². The van der Waals surface area contributed by atoms with Crippen LogP contribution in [-0.4, -0.2) is 84.2 Å². The van der Waals surface area contributed by atoms with Gasteiger partial charge in [-0.3, -0.25) is 4.90 Å². The highest BCUT2D eigenvalue weighted by atomic mass is 35.5. The van der Waals surface area contributed by atoms with Crippen LogP contribution in [0.2, 0.25) is 5.02 Å². The van der Waals surface area contributed by atoms with Crippen LogP contribution in [0.1, 0.15) is 36.8 Å². The van der Waals surface area contributed by atoms with Gasteiger partial charge in [-0.15, -0.1) is 0 Å². The molecule has 0 bridgehead atoms. The zero-order valence-electron chi connectivity index (χ0n) is 24.7. The maximum absolute atomic E-state index is 16.8. The predicted octanol–water partition coefficient (Wildman–Crippen LogP) is 5.58. The van der Waals surface area contributed by atoms with E-state index < -0.39 is 45.5 Å². The fourth-order valence-electron chi connectivity index (χ4n) is 7.58. The Kier molecular flexibility index (Phi) is 7.40. The molecule has 3 fully saturated rings. The van der Waals surface area contributed by atoms with E-state index in [-0.39, 0.29) is 65.0 Å². The molecule has 242 valence electrons. The average molecular weight is 655 g/mol. The first-order valence-corrected chi connectivity index (χ1v) is 15.3. The summed E-state index contributed by atoms with van der Waals surface area (Å²) in [6.07, 6.45) is -3.35. The summed E-state index contributed by atoms with van der Waals surface area (Å²) in [6.45, 7) is 3.30. The standard InChI is InChI=1S/C30H32ClF5N6O3/c1-14-8-18(37)38-24(21(14)30(34,35)36)19-22(31)26-20-25(23(19)33)39-28(45-13-29-5-3-6-42(29)10-16(32)9-29)40-27(20)41(2)17-4-7-43-11-15(17)12-44-26/h8,15-17H,3-7,9-13H2,1-2H3,(H2,37,38)/t15?,16-,17?,29+/m1/s1. The van der Waals surface area contributed by atoms with Crippen LogP contribution in [0.3, 0.4) is 0 Å². The van der Waals surface area contributed by atoms with Crippen molar-refractivity contribution in [1.82, 2.24) is 19.9 Å². The van der Waals surface area contributed by atoms with Gasteiger partial charge in [0.25, 0.3) is 0 Å². The van der Waals surface area contributed by atoms with Crippen molar-refractivity contribution in [2.24, 2.45) is 5.92 Å². The maximum atomic E-state index is 16.8. The minimum Gasteiger partial charge on any atom is -0.491 e. The van der Waals surface area contributed by atoms with Crippen LogP contribution < -0.4 is 20.1 Å². The molecule has 45 heavy (non-hydrogen) atoms. The quantitative estimate of drug-likeness (QED) is 0.362. The molecule has 9 nitrogen and oxygen atoms in total. The van der Waals surface area contributed by atoms with Crippen LogP contribution in [0.25, 0.3) is 22.2 Å². The summed E-state index contributed by atoms with van der Waals surface area (Å²) >= 11 is 6.78. The number of nitrogen functional groups attached to an aromatic ring is 1. The third-order valence-corrected chi connectivity index (χ3v) is 10.00. The smallest absolute Gasteiger partial charge is 0.418 e. The van der Waals surface area contributed by atoms with E-state index >= 15 is 4.39 Å². The number of fused-ring (bicyclic) bond motifs is 2. The molecule has 0 amide bonds. The molecule has 2 N–H and O–H groups in total. The molecule has 1 aromatic carbocycles. The summed E-state index contributed by atoms with van der Waals surface area (Å²) in [7, 11) is 1.80. The summed E-state index contributed by atoms with van der Waals surface area (Å²) in [5.41, 5.74) is 2.14. The normalized spacial score (nSPS) is 26.8. The highest BCUT2D eigenvalue weighted by molar-refractivity contribution is 6.36. The van der Waals surface area contributed by atoms with Crippen molar-refractivity contribution < 1.29 is 36.2 Å². The lowest BCUT2D eigenvalue weighted by Crippen LogP contribution is -2.47. The van der Waals surface area contributed by atoms with E-state index in [1.807, 2.05) is 4.90 Å². The van der Waals surface area contributed by atoms with Crippen molar-refractivity contribution >= 4 is 34.1 Å². The molecule has 4 atom stereocenters. The van der Waals surface area contributed by atoms with Gasteiger partial charge in [-0.25, -0.2) is 13.8 Å². The third-order valence-electron chi connectivity index (χ3n) is 9.64. The number of alkyl halides is 4. The second-order valence-electron chi connectivity index (χ2n) is 12.4. The monoisotopic (exact) mass is 654 g/mol. The number of pyridine rings is 1. The van der Waals surface area contributed by atoms with Crippen LogP contribution in [0.5, 0.6) is 11.8 Å². The largest absolute Gasteiger partial charge is 0.491 e. The molecule has 0 spiro atoms. The first-order valence-electron chi connectivity index (χ1n) is 14.9. The molecule has 4 aliphatic rings. The van der Waals surface area contributed by atoms with E-state index in [1.165, 1.54) is 6.92 Å². The lowest BCUT2D eigenvalue weighted by molar-refractivity contribution is -0.137. The van der Waals surface area contributed by atoms with Gasteiger partial charge in [0.1, 0.15) is 29.9 Å². The Hall–Kier alpha value is -3.23. The molecular formula is C30H32ClF5N6O3. The topological polar surface area (TPSA) is 98.9 Å². The number of hydrogen-bond donors (Lipinski definition) is 1. The van der Waals surface area contributed by atoms with Crippen molar-refractivity contribution in [3.63, 3.8) is 0 Å². The van der Waals surface area contributed by atoms with Gasteiger partial charge in [-0.2, -0.15) is 23.1 Å². The molecule has 0 aliphatic carbocycles. The summed E-state index contributed by atoms with van der Waals surface area (Å²) < 4.78 is 92.4. The Morgan fingerprint density at radius 2 is 2.02 bits per heavy atom. The van der Waals surface area contributed by atoms with Gasteiger partial charge in [-0.05, 0) is 44.4 Å². The van der Waals surface area contributed by atoms with Crippen LogP contribution in [0, 0.1) is 18.7 Å². The number of benzene rings is 1. The summed E-state index contributed by atoms with van der Waals surface area (Å²) in [4.78, 5) is 16.9. The van der Waals surface area contributed by atoms with Gasteiger partial charge in [0.2, 0.25) is 0 Å². The Balaban J connectivity index is 1.45. The fourth-order valence-corrected chi connectivity index (χ4v) is 7.91. The first kappa shape index (κ1) is 30.4. The molecule has 0 radical (unpaired) electrons. The molecular weight excluding hydrogens is 623 g/mol. The molecule has 4 aliphatic heterocycles. The predicted molar refractivity (Wildman–Crippen MR) is 157 cm³/mol. The Morgan fingerprint density at radius 1 is 1.22 bits per heavy atom. The molecule has 7 rings (SSSR count). The zero-order chi connectivity index (χ0) is 31.8. The second-order valence-corrected chi connectivity index (χ2v) is 12.8. The van der Waals surface area contributed by atoms with Crippen molar-refractivity contribution in [3.05, 3.63) is 28.0 Å². The van der Waals surface area contributed by atoms with Crippen LogP contribution in [-0.2, 0) is 10.9 Å². The van der Waals surface area contributed by atoms with E-state index in [1.54, 1.807) is 7.05 Å². The average Bonchev–Trinajstić information content (AvgIpc) is 3.49. The fraction of sp³-hybridized carbons (Fsp3) is 0.567. The lowest BCUT2D eigenvalue weighted by Gasteiger charge is -2.40. The molecule has 3 aromatic rings. The van der Waals surface area contributed by atoms with Gasteiger partial charge in [-0.1, -0.05) is 11.6 Å². The number of hydrogen-bond acceptors (Lipinski definition) is 9. The van der Waals surface area contributed by atoms with E-state index in [0.29, 0.717) is 32.6 Å². The van der Waals surface area contributed by atoms with Crippen LogP contribution >= 0.6 is 11.6 Å². The van der Waals surface area contributed by atoms with Crippen molar-refractivity contribution in [1.29, 1.82) is 0 Å². The molecule has 15 heteroatoms. The van der Waals surface area contributed by atoms with Crippen molar-refractivity contribution in [2.75, 3.05) is 57.2 Å². The summed E-state index contributed by atoms with van der Waals surface area (Å²) in [5.74, 6) is -1.38. The number of anilines is 2. The van der Waals surface area contributed by atoms with Crippen LogP contribution in [0.4, 0.5) is 33.6 Å². The van der Waals surface area contributed by atoms with E-state index in [9.17, 15) is 17.6 Å². The minimum atomic E-state index is -4.91. The number of aromatic nitrogens is 3. The summed E-state index contributed by atoms with van der Waals surface area (Å²) in [5, 5.41) is -0.314. The molecule has 2 unspecified atom stereocenters. The Bertz CT molecular complexity index is 1680. The van der Waals surface area contributed by atoms with E-state index in [2.05, 4.69) is 19.9 Å². The highest BCUT2D eigenvalue weighted by Crippen LogP contribution is 2.51. The number of rotatable bonds is 4. The lowest BCUT2D eigenvalue weighted by atomic mass is 9.93. The number of halogens is 6. The van der Waals surface area contributed by atoms with Gasteiger partial charge in [0.05, 0.1) is 46.0 Å². The first-order chi connectivity index (χ1) is 21.4. The van der Waals surface area contributed by atoms with Gasteiger partial charge < -0.3 is 24.8 Å². The van der Waals surface area contributed by atoms with Gasteiger partial charge >= 0.3 is 12.2 Å². The molecule has 0 saturated carbocycles. The van der Waals surface area contributed by atoms with Gasteiger partial charge in [0, 0.05) is 38.6 Å². The van der Waals surface area contributed by atoms with Crippen molar-refractivity contribution in [3.8, 4) is 23.0 Å². The SMILES string of the molecule is Cc1cc(N)nc(-c2c(Cl)c3c4c(nc(OC[C@@]56CCCN5C[C@H](F)C6)nc4c2F)N(C)C2CCOCC2CO3)c1C(F)(F)F.